The Hall–Kier alpha value is -3.02. The third-order valence-corrected chi connectivity index (χ3v) is 4.39. The average molecular weight is 366 g/mol. The molecular weight excluding hydrogens is 340 g/mol. The lowest BCUT2D eigenvalue weighted by molar-refractivity contribution is 0.0927. The zero-order valence-electron chi connectivity index (χ0n) is 15.6. The van der Waals surface area contributed by atoms with Crippen molar-refractivity contribution in [2.75, 3.05) is 32.7 Å². The first-order valence-electron chi connectivity index (χ1n) is 9.37. The molecule has 1 aliphatic heterocycles. The van der Waals surface area contributed by atoms with Crippen LogP contribution in [-0.2, 0) is 0 Å². The quantitative estimate of drug-likeness (QED) is 0.469. The third-order valence-electron chi connectivity index (χ3n) is 4.39. The monoisotopic (exact) mass is 366 g/mol. The number of hydrogen-bond acceptors (Lipinski definition) is 3. The molecule has 1 aliphatic rings. The highest BCUT2D eigenvalue weighted by Crippen LogP contribution is 2.21. The van der Waals surface area contributed by atoms with Crippen molar-refractivity contribution in [2.24, 2.45) is 4.99 Å². The van der Waals surface area contributed by atoms with Crippen molar-refractivity contribution >= 4 is 17.4 Å². The number of aliphatic imine (C=N–C) groups is 1. The first-order chi connectivity index (χ1) is 13.3. The predicted molar refractivity (Wildman–Crippen MR) is 108 cm³/mol. The zero-order chi connectivity index (χ0) is 18.9. The maximum Gasteiger partial charge on any atom is 0.287 e. The van der Waals surface area contributed by atoms with Crippen LogP contribution in [0, 0.1) is 0 Å². The molecule has 0 saturated heterocycles. The zero-order valence-corrected chi connectivity index (χ0v) is 15.6. The number of nitrogens with zero attached hydrogens (tertiary/aromatic N) is 2. The summed E-state index contributed by atoms with van der Waals surface area (Å²) < 4.78 is 5.08. The van der Waals surface area contributed by atoms with E-state index in [1.165, 1.54) is 17.4 Å². The summed E-state index contributed by atoms with van der Waals surface area (Å²) in [5, 5.41) is 6.15. The molecule has 0 radical (unpaired) electrons. The minimum atomic E-state index is -0.214. The second-order valence-corrected chi connectivity index (χ2v) is 6.26. The molecule has 0 saturated carbocycles. The number of furan rings is 1. The van der Waals surface area contributed by atoms with E-state index in [4.69, 9.17) is 4.42 Å². The fourth-order valence-electron chi connectivity index (χ4n) is 3.03. The number of guanidine groups is 1. The standard InChI is InChI=1S/C21H26N4O2/c1-2-22-21(24-13-12-23-20(26)19-9-6-16-27-19)25-14-10-18(11-15-25)17-7-4-3-5-8-17/h3-10,16H,2,11-15H2,1H3,(H,22,24)(H,23,26). The van der Waals surface area contributed by atoms with Gasteiger partial charge in [0.1, 0.15) is 0 Å². The van der Waals surface area contributed by atoms with E-state index in [0.29, 0.717) is 18.8 Å². The van der Waals surface area contributed by atoms with Crippen LogP contribution >= 0.6 is 0 Å². The number of hydrogen-bond donors (Lipinski definition) is 2. The fourth-order valence-corrected chi connectivity index (χ4v) is 3.03. The van der Waals surface area contributed by atoms with Gasteiger partial charge in [0, 0.05) is 26.2 Å². The van der Waals surface area contributed by atoms with Crippen LogP contribution in [0.4, 0.5) is 0 Å². The maximum atomic E-state index is 11.9. The summed E-state index contributed by atoms with van der Waals surface area (Å²) in [4.78, 5) is 18.7. The number of amides is 1. The van der Waals surface area contributed by atoms with Crippen LogP contribution in [-0.4, -0.2) is 49.5 Å². The summed E-state index contributed by atoms with van der Waals surface area (Å²) in [6, 6.07) is 13.8. The molecule has 27 heavy (non-hydrogen) atoms. The van der Waals surface area contributed by atoms with E-state index in [0.717, 1.165) is 32.0 Å². The van der Waals surface area contributed by atoms with Crippen molar-refractivity contribution in [3.05, 3.63) is 66.1 Å². The molecular formula is C21H26N4O2. The van der Waals surface area contributed by atoms with Gasteiger partial charge in [-0.15, -0.1) is 0 Å². The molecule has 0 fully saturated rings. The van der Waals surface area contributed by atoms with Crippen molar-refractivity contribution in [1.82, 2.24) is 15.5 Å². The number of rotatable bonds is 6. The Morgan fingerprint density at radius 2 is 2.04 bits per heavy atom. The summed E-state index contributed by atoms with van der Waals surface area (Å²) in [5.41, 5.74) is 2.67. The van der Waals surface area contributed by atoms with Crippen LogP contribution in [0.2, 0.25) is 0 Å². The Balaban J connectivity index is 1.53. The topological polar surface area (TPSA) is 69.9 Å². The summed E-state index contributed by atoms with van der Waals surface area (Å²) >= 11 is 0. The molecule has 0 bridgehead atoms. The lowest BCUT2D eigenvalue weighted by Crippen LogP contribution is -2.43. The summed E-state index contributed by atoms with van der Waals surface area (Å²) in [6.07, 6.45) is 4.75. The van der Waals surface area contributed by atoms with E-state index >= 15 is 0 Å². The minimum absolute atomic E-state index is 0.214. The molecule has 0 unspecified atom stereocenters. The molecule has 2 aromatic rings. The second kappa shape index (κ2) is 9.62. The van der Waals surface area contributed by atoms with Gasteiger partial charge in [0.2, 0.25) is 0 Å². The molecule has 2 heterocycles. The van der Waals surface area contributed by atoms with Gasteiger partial charge in [-0.2, -0.15) is 0 Å². The van der Waals surface area contributed by atoms with Crippen LogP contribution in [0.15, 0.2) is 64.2 Å². The smallest absolute Gasteiger partial charge is 0.287 e. The highest BCUT2D eigenvalue weighted by atomic mass is 16.3. The normalized spacial score (nSPS) is 14.6. The van der Waals surface area contributed by atoms with Crippen molar-refractivity contribution in [1.29, 1.82) is 0 Å². The maximum absolute atomic E-state index is 11.9. The molecule has 0 spiro atoms. The Bertz CT molecular complexity index is 782. The summed E-state index contributed by atoms with van der Waals surface area (Å²) in [5.74, 6) is 0.988. The van der Waals surface area contributed by atoms with Crippen molar-refractivity contribution in [2.45, 2.75) is 13.3 Å². The highest BCUT2D eigenvalue weighted by Gasteiger charge is 2.16. The number of nitrogens with one attached hydrogen (secondary N) is 2. The Kier molecular flexibility index (Phi) is 6.68. The molecule has 1 aromatic heterocycles. The Morgan fingerprint density at radius 1 is 1.19 bits per heavy atom. The van der Waals surface area contributed by atoms with E-state index in [1.807, 2.05) is 6.07 Å². The molecule has 2 N–H and O–H groups in total. The van der Waals surface area contributed by atoms with Crippen LogP contribution in [0.25, 0.3) is 5.57 Å². The van der Waals surface area contributed by atoms with Gasteiger partial charge in [-0.3, -0.25) is 9.79 Å². The molecule has 1 amide bonds. The van der Waals surface area contributed by atoms with E-state index in [2.05, 4.69) is 57.8 Å². The number of benzene rings is 1. The van der Waals surface area contributed by atoms with Crippen molar-refractivity contribution < 1.29 is 9.21 Å². The minimum Gasteiger partial charge on any atom is -0.459 e. The van der Waals surface area contributed by atoms with Gasteiger partial charge in [0.05, 0.1) is 12.8 Å². The Morgan fingerprint density at radius 3 is 2.70 bits per heavy atom. The van der Waals surface area contributed by atoms with E-state index in [1.54, 1.807) is 12.1 Å². The molecule has 6 nitrogen and oxygen atoms in total. The molecule has 142 valence electrons. The van der Waals surface area contributed by atoms with E-state index < -0.39 is 0 Å². The lowest BCUT2D eigenvalue weighted by Gasteiger charge is -2.30. The fraction of sp³-hybridized carbons (Fsp3) is 0.333. The van der Waals surface area contributed by atoms with Gasteiger partial charge < -0.3 is 20.0 Å². The van der Waals surface area contributed by atoms with Crippen LogP contribution in [0.1, 0.15) is 29.5 Å². The van der Waals surface area contributed by atoms with Gasteiger partial charge in [0.15, 0.2) is 11.7 Å². The van der Waals surface area contributed by atoms with Crippen LogP contribution in [0.5, 0.6) is 0 Å². The third kappa shape index (κ3) is 5.23. The first-order valence-corrected chi connectivity index (χ1v) is 9.37. The lowest BCUT2D eigenvalue weighted by atomic mass is 10.00. The first kappa shape index (κ1) is 18.8. The summed E-state index contributed by atoms with van der Waals surface area (Å²) in [6.45, 7) is 5.60. The average Bonchev–Trinajstić information content (AvgIpc) is 3.26. The van der Waals surface area contributed by atoms with E-state index in [-0.39, 0.29) is 5.91 Å². The largest absolute Gasteiger partial charge is 0.459 e. The highest BCUT2D eigenvalue weighted by molar-refractivity contribution is 5.91. The van der Waals surface area contributed by atoms with Crippen molar-refractivity contribution in [3.63, 3.8) is 0 Å². The molecule has 0 atom stereocenters. The number of carbonyl (C=O) groups excluding carboxylic acids is 1. The van der Waals surface area contributed by atoms with Gasteiger partial charge in [-0.25, -0.2) is 0 Å². The second-order valence-electron chi connectivity index (χ2n) is 6.26. The van der Waals surface area contributed by atoms with Crippen LogP contribution in [0.3, 0.4) is 0 Å². The molecule has 3 rings (SSSR count). The summed E-state index contributed by atoms with van der Waals surface area (Å²) in [7, 11) is 0. The van der Waals surface area contributed by atoms with Gasteiger partial charge in [-0.1, -0.05) is 36.4 Å². The van der Waals surface area contributed by atoms with Gasteiger partial charge in [0.25, 0.3) is 5.91 Å². The van der Waals surface area contributed by atoms with Gasteiger partial charge >= 0.3 is 0 Å². The molecule has 0 aliphatic carbocycles. The van der Waals surface area contributed by atoms with Gasteiger partial charge in [-0.05, 0) is 36.6 Å². The SMILES string of the molecule is CCNC(=NCCNC(=O)c1ccco1)N1CC=C(c2ccccc2)CC1. The number of carbonyl (C=O) groups is 1. The molecule has 1 aromatic carbocycles. The van der Waals surface area contributed by atoms with Crippen LogP contribution < -0.4 is 10.6 Å². The Labute approximate surface area is 160 Å². The van der Waals surface area contributed by atoms with Crippen molar-refractivity contribution in [3.8, 4) is 0 Å². The van der Waals surface area contributed by atoms with E-state index in [9.17, 15) is 4.79 Å². The predicted octanol–water partition coefficient (Wildman–Crippen LogP) is 2.76. The molecule has 6 heteroatoms.